The van der Waals surface area contributed by atoms with Crippen molar-refractivity contribution in [3.05, 3.63) is 89.9 Å². The van der Waals surface area contributed by atoms with E-state index < -0.39 is 6.10 Å². The molecule has 0 radical (unpaired) electrons. The van der Waals surface area contributed by atoms with Gasteiger partial charge in [0.2, 0.25) is 0 Å². The summed E-state index contributed by atoms with van der Waals surface area (Å²) < 4.78 is 5.54. The fourth-order valence-corrected chi connectivity index (χ4v) is 2.20. The van der Waals surface area contributed by atoms with E-state index in [1.54, 1.807) is 12.3 Å². The van der Waals surface area contributed by atoms with Crippen LogP contribution < -0.4 is 0 Å². The van der Waals surface area contributed by atoms with E-state index in [1.165, 1.54) is 0 Å². The first-order valence-electron chi connectivity index (χ1n) is 6.22. The first-order chi connectivity index (χ1) is 9.36. The second kappa shape index (κ2) is 5.02. The molecule has 0 saturated carbocycles. The van der Waals surface area contributed by atoms with Gasteiger partial charge in [-0.2, -0.15) is 0 Å². The van der Waals surface area contributed by atoms with Gasteiger partial charge in [-0.1, -0.05) is 60.7 Å². The zero-order chi connectivity index (χ0) is 13.1. The summed E-state index contributed by atoms with van der Waals surface area (Å²) in [5, 5.41) is 10.4. The highest BCUT2D eigenvalue weighted by Crippen LogP contribution is 2.34. The van der Waals surface area contributed by atoms with Gasteiger partial charge in [-0.05, 0) is 17.2 Å². The smallest absolute Gasteiger partial charge is 0.180 e. The van der Waals surface area contributed by atoms with Crippen LogP contribution in [0.4, 0.5) is 0 Å². The van der Waals surface area contributed by atoms with Crippen molar-refractivity contribution in [2.24, 2.45) is 0 Å². The van der Waals surface area contributed by atoms with Crippen molar-refractivity contribution in [3.63, 3.8) is 0 Å². The molecule has 0 aromatic heterocycles. The van der Waals surface area contributed by atoms with E-state index in [-0.39, 0.29) is 5.76 Å². The molecule has 0 bridgehead atoms. The van der Waals surface area contributed by atoms with Crippen LogP contribution in [0, 0.1) is 0 Å². The van der Waals surface area contributed by atoms with Crippen LogP contribution in [0.2, 0.25) is 0 Å². The standard InChI is InChI=1S/C17H14O2/c18-16-15(13-7-3-1-4-8-13)11-12-19-17(16)14-9-5-2-6-10-14/h1-12,17-18H. The Bertz CT molecular complexity index is 612. The molecule has 0 amide bonds. The maximum absolute atomic E-state index is 10.4. The van der Waals surface area contributed by atoms with E-state index in [1.807, 2.05) is 60.7 Å². The molecule has 1 heterocycles. The van der Waals surface area contributed by atoms with E-state index in [2.05, 4.69) is 0 Å². The number of hydrogen-bond acceptors (Lipinski definition) is 2. The van der Waals surface area contributed by atoms with Crippen molar-refractivity contribution in [3.8, 4) is 0 Å². The molecule has 0 saturated heterocycles. The molecule has 2 heteroatoms. The van der Waals surface area contributed by atoms with E-state index in [0.29, 0.717) is 0 Å². The molecule has 1 atom stereocenters. The number of hydrogen-bond donors (Lipinski definition) is 1. The second-order valence-electron chi connectivity index (χ2n) is 4.39. The predicted molar refractivity (Wildman–Crippen MR) is 75.4 cm³/mol. The number of aliphatic hydroxyl groups is 1. The molecule has 19 heavy (non-hydrogen) atoms. The average Bonchev–Trinajstić information content (AvgIpc) is 2.49. The van der Waals surface area contributed by atoms with Crippen LogP contribution in [0.15, 0.2) is 78.8 Å². The molecular weight excluding hydrogens is 236 g/mol. The Balaban J connectivity index is 2.03. The minimum Gasteiger partial charge on any atom is -0.507 e. The van der Waals surface area contributed by atoms with Crippen molar-refractivity contribution in [1.29, 1.82) is 0 Å². The van der Waals surface area contributed by atoms with Gasteiger partial charge < -0.3 is 9.84 Å². The topological polar surface area (TPSA) is 29.5 Å². The second-order valence-corrected chi connectivity index (χ2v) is 4.39. The molecule has 0 spiro atoms. The molecule has 3 rings (SSSR count). The van der Waals surface area contributed by atoms with Crippen molar-refractivity contribution in [1.82, 2.24) is 0 Å². The Kier molecular flexibility index (Phi) is 3.07. The highest BCUT2D eigenvalue weighted by atomic mass is 16.5. The summed E-state index contributed by atoms with van der Waals surface area (Å²) in [6.07, 6.45) is 3.01. The Morgan fingerprint density at radius 2 is 1.47 bits per heavy atom. The van der Waals surface area contributed by atoms with Gasteiger partial charge >= 0.3 is 0 Å². The summed E-state index contributed by atoms with van der Waals surface area (Å²) in [6.45, 7) is 0. The first-order valence-corrected chi connectivity index (χ1v) is 6.22. The van der Waals surface area contributed by atoms with E-state index in [0.717, 1.165) is 16.7 Å². The molecule has 0 fully saturated rings. The summed E-state index contributed by atoms with van der Waals surface area (Å²) in [7, 11) is 0. The van der Waals surface area contributed by atoms with Crippen LogP contribution in [0.1, 0.15) is 17.2 Å². The van der Waals surface area contributed by atoms with Crippen molar-refractivity contribution >= 4 is 5.57 Å². The zero-order valence-corrected chi connectivity index (χ0v) is 10.4. The average molecular weight is 250 g/mol. The summed E-state index contributed by atoms with van der Waals surface area (Å²) in [5.41, 5.74) is 2.74. The van der Waals surface area contributed by atoms with Crippen LogP contribution in [-0.4, -0.2) is 5.11 Å². The number of ether oxygens (including phenoxy) is 1. The maximum Gasteiger partial charge on any atom is 0.180 e. The fourth-order valence-electron chi connectivity index (χ4n) is 2.20. The monoisotopic (exact) mass is 250 g/mol. The van der Waals surface area contributed by atoms with Gasteiger partial charge in [-0.25, -0.2) is 0 Å². The van der Waals surface area contributed by atoms with Crippen LogP contribution in [0.3, 0.4) is 0 Å². The fraction of sp³-hybridized carbons (Fsp3) is 0.0588. The Hall–Kier alpha value is -2.48. The van der Waals surface area contributed by atoms with Gasteiger partial charge in [0.15, 0.2) is 6.10 Å². The van der Waals surface area contributed by atoms with Gasteiger partial charge in [0.05, 0.1) is 6.26 Å². The molecule has 1 N–H and O–H groups in total. The van der Waals surface area contributed by atoms with Crippen LogP contribution >= 0.6 is 0 Å². The lowest BCUT2D eigenvalue weighted by atomic mass is 9.97. The zero-order valence-electron chi connectivity index (χ0n) is 10.4. The molecule has 1 aliphatic heterocycles. The Morgan fingerprint density at radius 1 is 0.842 bits per heavy atom. The maximum atomic E-state index is 10.4. The predicted octanol–water partition coefficient (Wildman–Crippen LogP) is 4.24. The lowest BCUT2D eigenvalue weighted by Crippen LogP contribution is -2.09. The lowest BCUT2D eigenvalue weighted by Gasteiger charge is -2.22. The van der Waals surface area contributed by atoms with Crippen LogP contribution in [0.5, 0.6) is 0 Å². The molecule has 1 unspecified atom stereocenters. The minimum atomic E-state index is -0.429. The van der Waals surface area contributed by atoms with Gasteiger partial charge in [-0.15, -0.1) is 0 Å². The van der Waals surface area contributed by atoms with Crippen molar-refractivity contribution in [2.75, 3.05) is 0 Å². The Morgan fingerprint density at radius 3 is 2.16 bits per heavy atom. The van der Waals surface area contributed by atoms with Crippen LogP contribution in [-0.2, 0) is 4.74 Å². The van der Waals surface area contributed by atoms with Gasteiger partial charge in [0.1, 0.15) is 5.76 Å². The van der Waals surface area contributed by atoms with Crippen molar-refractivity contribution < 1.29 is 9.84 Å². The molecule has 2 aromatic carbocycles. The van der Waals surface area contributed by atoms with E-state index in [4.69, 9.17) is 4.74 Å². The third-order valence-electron chi connectivity index (χ3n) is 3.16. The van der Waals surface area contributed by atoms with E-state index in [9.17, 15) is 5.11 Å². The number of benzene rings is 2. The largest absolute Gasteiger partial charge is 0.507 e. The quantitative estimate of drug-likeness (QED) is 0.863. The van der Waals surface area contributed by atoms with Gasteiger partial charge in [0, 0.05) is 5.57 Å². The summed E-state index contributed by atoms with van der Waals surface area (Å²) in [6, 6.07) is 19.5. The lowest BCUT2D eigenvalue weighted by molar-refractivity contribution is 0.127. The van der Waals surface area contributed by atoms with Crippen LogP contribution in [0.25, 0.3) is 5.57 Å². The SMILES string of the molecule is OC1=C(c2ccccc2)C=COC1c1ccccc1. The normalized spacial score (nSPS) is 18.2. The van der Waals surface area contributed by atoms with Crippen molar-refractivity contribution in [2.45, 2.75) is 6.10 Å². The molecule has 94 valence electrons. The third kappa shape index (κ3) is 2.25. The van der Waals surface area contributed by atoms with Gasteiger partial charge in [0.25, 0.3) is 0 Å². The number of allylic oxidation sites excluding steroid dienone is 2. The number of rotatable bonds is 2. The third-order valence-corrected chi connectivity index (χ3v) is 3.16. The molecule has 1 aliphatic rings. The summed E-state index contributed by atoms with van der Waals surface area (Å²) >= 11 is 0. The summed E-state index contributed by atoms with van der Waals surface area (Å²) in [4.78, 5) is 0. The van der Waals surface area contributed by atoms with E-state index >= 15 is 0 Å². The molecule has 2 aromatic rings. The molecule has 2 nitrogen and oxygen atoms in total. The Labute approximate surface area is 112 Å². The molecule has 0 aliphatic carbocycles. The summed E-state index contributed by atoms with van der Waals surface area (Å²) in [5.74, 6) is 0.250. The molecular formula is C17H14O2. The highest BCUT2D eigenvalue weighted by Gasteiger charge is 2.23. The number of aliphatic hydroxyl groups excluding tert-OH is 1. The minimum absolute atomic E-state index is 0.250. The van der Waals surface area contributed by atoms with Gasteiger partial charge in [-0.3, -0.25) is 0 Å². The first kappa shape index (κ1) is 11.6. The highest BCUT2D eigenvalue weighted by molar-refractivity contribution is 5.76.